The minimum Gasteiger partial charge on any atom is -0.376 e. The molecule has 3 nitrogen and oxygen atoms in total. The normalized spacial score (nSPS) is 19.4. The molecule has 0 spiro atoms. The van der Waals surface area contributed by atoms with Crippen LogP contribution in [-0.2, 0) is 4.74 Å². The number of hydrogen-bond donors (Lipinski definition) is 2. The maximum Gasteiger partial charge on any atom is 0.126 e. The molecular weight excluding hydrogens is 267 g/mol. The summed E-state index contributed by atoms with van der Waals surface area (Å²) in [5.74, 6) is 6.15. The number of nitrogens with two attached hydrogens (primary N) is 1. The van der Waals surface area contributed by atoms with E-state index in [0.717, 1.165) is 5.56 Å². The molecule has 1 aliphatic rings. The van der Waals surface area contributed by atoms with Crippen molar-refractivity contribution in [3.05, 3.63) is 35.1 Å². The number of halogens is 1. The quantitative estimate of drug-likeness (QED) is 0.622. The van der Waals surface area contributed by atoms with Crippen LogP contribution in [0.1, 0.15) is 56.2 Å². The van der Waals surface area contributed by atoms with Crippen LogP contribution >= 0.6 is 0 Å². The molecule has 4 heteroatoms. The van der Waals surface area contributed by atoms with Crippen LogP contribution in [0.3, 0.4) is 0 Å². The van der Waals surface area contributed by atoms with Crippen LogP contribution < -0.4 is 11.3 Å². The van der Waals surface area contributed by atoms with E-state index >= 15 is 0 Å². The van der Waals surface area contributed by atoms with E-state index in [-0.39, 0.29) is 18.0 Å². The zero-order valence-corrected chi connectivity index (χ0v) is 13.1. The molecule has 2 atom stereocenters. The summed E-state index contributed by atoms with van der Waals surface area (Å²) < 4.78 is 19.5. The van der Waals surface area contributed by atoms with Crippen molar-refractivity contribution in [2.75, 3.05) is 6.61 Å². The predicted octanol–water partition coefficient (Wildman–Crippen LogP) is 3.62. The third kappa shape index (κ3) is 4.02. The van der Waals surface area contributed by atoms with E-state index < -0.39 is 0 Å². The summed E-state index contributed by atoms with van der Waals surface area (Å²) in [5.41, 5.74) is 4.55. The Morgan fingerprint density at radius 3 is 2.62 bits per heavy atom. The van der Waals surface area contributed by atoms with Crippen LogP contribution in [0.15, 0.2) is 18.2 Å². The van der Waals surface area contributed by atoms with E-state index in [2.05, 4.69) is 5.43 Å². The van der Waals surface area contributed by atoms with Gasteiger partial charge in [0.05, 0.1) is 12.1 Å². The van der Waals surface area contributed by atoms with Crippen LogP contribution in [0.2, 0.25) is 0 Å². The van der Waals surface area contributed by atoms with Crippen molar-refractivity contribution < 1.29 is 9.13 Å². The molecule has 0 heterocycles. The van der Waals surface area contributed by atoms with Gasteiger partial charge in [0, 0.05) is 6.61 Å². The minimum atomic E-state index is -0.180. The van der Waals surface area contributed by atoms with Crippen LogP contribution in [0.5, 0.6) is 0 Å². The summed E-state index contributed by atoms with van der Waals surface area (Å²) in [5, 5.41) is 0. The average molecular weight is 294 g/mol. The molecule has 0 amide bonds. The lowest BCUT2D eigenvalue weighted by atomic mass is 9.81. The molecule has 1 aromatic rings. The number of rotatable bonds is 6. The fourth-order valence-electron chi connectivity index (χ4n) is 3.40. The monoisotopic (exact) mass is 294 g/mol. The largest absolute Gasteiger partial charge is 0.376 e. The molecule has 2 rings (SSSR count). The van der Waals surface area contributed by atoms with Gasteiger partial charge >= 0.3 is 0 Å². The Bertz CT molecular complexity index is 446. The van der Waals surface area contributed by atoms with Crippen LogP contribution in [0, 0.1) is 18.7 Å². The fourth-order valence-corrected chi connectivity index (χ4v) is 3.40. The SMILES string of the molecule is CCOC(C1CCCCC1)C(NN)c1ccc(F)c(C)c1. The topological polar surface area (TPSA) is 47.3 Å². The number of benzene rings is 1. The van der Waals surface area contributed by atoms with Crippen LogP contribution in [0.25, 0.3) is 0 Å². The van der Waals surface area contributed by atoms with Crippen molar-refractivity contribution in [1.82, 2.24) is 5.43 Å². The lowest BCUT2D eigenvalue weighted by Gasteiger charge is -2.35. The molecule has 0 bridgehead atoms. The van der Waals surface area contributed by atoms with Crippen molar-refractivity contribution in [2.24, 2.45) is 11.8 Å². The summed E-state index contributed by atoms with van der Waals surface area (Å²) in [4.78, 5) is 0. The highest BCUT2D eigenvalue weighted by atomic mass is 19.1. The Morgan fingerprint density at radius 1 is 1.33 bits per heavy atom. The Hall–Kier alpha value is -0.970. The second-order valence-electron chi connectivity index (χ2n) is 5.97. The molecule has 0 aromatic heterocycles. The first-order valence-electron chi connectivity index (χ1n) is 8.01. The van der Waals surface area contributed by atoms with Crippen LogP contribution in [-0.4, -0.2) is 12.7 Å². The first-order chi connectivity index (χ1) is 10.2. The minimum absolute atomic E-state index is 0.0464. The maximum atomic E-state index is 13.5. The Morgan fingerprint density at radius 2 is 2.05 bits per heavy atom. The van der Waals surface area contributed by atoms with Gasteiger partial charge < -0.3 is 4.74 Å². The highest BCUT2D eigenvalue weighted by molar-refractivity contribution is 5.27. The Kier molecular flexibility index (Phi) is 6.15. The van der Waals surface area contributed by atoms with Gasteiger partial charge in [-0.2, -0.15) is 0 Å². The van der Waals surface area contributed by atoms with E-state index in [1.165, 1.54) is 38.2 Å². The standard InChI is InChI=1S/C17H27FN2O/c1-3-21-17(13-7-5-4-6-8-13)16(20-19)14-9-10-15(18)12(2)11-14/h9-11,13,16-17,20H,3-8,19H2,1-2H3. The first-order valence-corrected chi connectivity index (χ1v) is 8.01. The van der Waals surface area contributed by atoms with Crippen molar-refractivity contribution in [1.29, 1.82) is 0 Å². The van der Waals surface area contributed by atoms with E-state index in [0.29, 0.717) is 18.1 Å². The fraction of sp³-hybridized carbons (Fsp3) is 0.647. The van der Waals surface area contributed by atoms with Crippen LogP contribution in [0.4, 0.5) is 4.39 Å². The van der Waals surface area contributed by atoms with Gasteiger partial charge in [0.15, 0.2) is 0 Å². The molecule has 1 aromatic carbocycles. The zero-order valence-electron chi connectivity index (χ0n) is 13.1. The molecule has 1 aliphatic carbocycles. The molecule has 0 aliphatic heterocycles. The van der Waals surface area contributed by atoms with Gasteiger partial charge in [-0.25, -0.2) is 4.39 Å². The van der Waals surface area contributed by atoms with Crippen molar-refractivity contribution >= 4 is 0 Å². The summed E-state index contributed by atoms with van der Waals surface area (Å²) in [6.45, 7) is 4.46. The second-order valence-corrected chi connectivity index (χ2v) is 5.97. The van der Waals surface area contributed by atoms with Gasteiger partial charge in [-0.1, -0.05) is 31.4 Å². The molecular formula is C17H27FN2O. The molecule has 0 radical (unpaired) electrons. The molecule has 1 saturated carbocycles. The van der Waals surface area contributed by atoms with Gasteiger partial charge in [0.2, 0.25) is 0 Å². The van der Waals surface area contributed by atoms with E-state index in [1.54, 1.807) is 6.92 Å². The highest BCUT2D eigenvalue weighted by Crippen LogP contribution is 2.34. The smallest absolute Gasteiger partial charge is 0.126 e. The highest BCUT2D eigenvalue weighted by Gasteiger charge is 2.31. The third-order valence-corrected chi connectivity index (χ3v) is 4.52. The third-order valence-electron chi connectivity index (χ3n) is 4.52. The Balaban J connectivity index is 2.23. The molecule has 1 fully saturated rings. The molecule has 21 heavy (non-hydrogen) atoms. The van der Waals surface area contributed by atoms with Gasteiger partial charge in [-0.3, -0.25) is 11.3 Å². The summed E-state index contributed by atoms with van der Waals surface area (Å²) in [6, 6.07) is 5.10. The number of hydrogen-bond acceptors (Lipinski definition) is 3. The maximum absolute atomic E-state index is 13.5. The molecule has 118 valence electrons. The van der Waals surface area contributed by atoms with Gasteiger partial charge in [-0.15, -0.1) is 0 Å². The first kappa shape index (κ1) is 16.4. The number of nitrogens with one attached hydrogen (secondary N) is 1. The zero-order chi connectivity index (χ0) is 15.2. The van der Waals surface area contributed by atoms with Crippen molar-refractivity contribution in [3.8, 4) is 0 Å². The lowest BCUT2D eigenvalue weighted by molar-refractivity contribution is -0.0184. The lowest BCUT2D eigenvalue weighted by Crippen LogP contribution is -2.42. The van der Waals surface area contributed by atoms with Crippen molar-refractivity contribution in [3.63, 3.8) is 0 Å². The van der Waals surface area contributed by atoms with E-state index in [9.17, 15) is 4.39 Å². The van der Waals surface area contributed by atoms with Gasteiger partial charge in [0.1, 0.15) is 5.82 Å². The number of aryl methyl sites for hydroxylation is 1. The molecule has 3 N–H and O–H groups in total. The molecule has 0 saturated heterocycles. The van der Waals surface area contributed by atoms with E-state index in [1.807, 2.05) is 19.1 Å². The second kappa shape index (κ2) is 7.87. The van der Waals surface area contributed by atoms with Gasteiger partial charge in [-0.05, 0) is 49.8 Å². The Labute approximate surface area is 127 Å². The van der Waals surface area contributed by atoms with Gasteiger partial charge in [0.25, 0.3) is 0 Å². The summed E-state index contributed by atoms with van der Waals surface area (Å²) in [7, 11) is 0. The summed E-state index contributed by atoms with van der Waals surface area (Å²) >= 11 is 0. The predicted molar refractivity (Wildman–Crippen MR) is 83.2 cm³/mol. The number of hydrazine groups is 1. The molecule has 2 unspecified atom stereocenters. The van der Waals surface area contributed by atoms with Crippen molar-refractivity contribution in [2.45, 2.75) is 58.1 Å². The summed E-state index contributed by atoms with van der Waals surface area (Å²) in [6.07, 6.45) is 6.24. The number of ether oxygens (including phenoxy) is 1. The average Bonchev–Trinajstić information content (AvgIpc) is 2.51. The van der Waals surface area contributed by atoms with E-state index in [4.69, 9.17) is 10.6 Å².